The van der Waals surface area contributed by atoms with Crippen molar-refractivity contribution in [2.75, 3.05) is 6.61 Å². The summed E-state index contributed by atoms with van der Waals surface area (Å²) in [6.07, 6.45) is 9.42. The molecule has 186 valence electrons. The number of aliphatic hydroxyl groups is 1. The summed E-state index contributed by atoms with van der Waals surface area (Å²) >= 11 is 0. The average molecular weight is 474 g/mol. The van der Waals surface area contributed by atoms with Gasteiger partial charge in [-0.3, -0.25) is 14.5 Å². The Kier molecular flexibility index (Phi) is 9.33. The van der Waals surface area contributed by atoms with Crippen LogP contribution in [0.15, 0.2) is 18.2 Å². The number of nitrogens with zero attached hydrogens (tertiary/aromatic N) is 1. The molecule has 9 nitrogen and oxygen atoms in total. The summed E-state index contributed by atoms with van der Waals surface area (Å²) in [7, 11) is 0. The van der Waals surface area contributed by atoms with E-state index < -0.39 is 42.2 Å². The summed E-state index contributed by atoms with van der Waals surface area (Å²) < 4.78 is 5.16. The lowest BCUT2D eigenvalue weighted by molar-refractivity contribution is -0.139. The van der Waals surface area contributed by atoms with Crippen molar-refractivity contribution >= 4 is 17.9 Å². The number of carbonyl (C=O) groups excluding carboxylic acids is 3. The number of para-hydroxylation sites is 1. The molecule has 0 bridgehead atoms. The van der Waals surface area contributed by atoms with Crippen molar-refractivity contribution in [3.8, 4) is 18.2 Å². The molecule has 0 spiro atoms. The van der Waals surface area contributed by atoms with Gasteiger partial charge in [0.25, 0.3) is 5.91 Å². The zero-order valence-corrected chi connectivity index (χ0v) is 20.3. The van der Waals surface area contributed by atoms with E-state index in [1.807, 2.05) is 0 Å². The number of carbonyl (C=O) groups is 3. The van der Waals surface area contributed by atoms with E-state index in [1.165, 1.54) is 6.07 Å². The van der Waals surface area contributed by atoms with Crippen molar-refractivity contribution in [1.82, 2.24) is 15.5 Å². The fourth-order valence-electron chi connectivity index (χ4n) is 3.90. The number of alkyl carbamates (subject to hydrolysis) is 1. The number of aromatic hydroxyl groups is 1. The third-order valence-electron chi connectivity index (χ3n) is 5.57. The van der Waals surface area contributed by atoms with Crippen LogP contribution in [0.5, 0.6) is 5.75 Å². The second-order valence-corrected chi connectivity index (χ2v) is 9.48. The maximum absolute atomic E-state index is 13.4. The normalized spacial score (nSPS) is 16.0. The van der Waals surface area contributed by atoms with Gasteiger partial charge in [0.15, 0.2) is 6.04 Å². The van der Waals surface area contributed by atoms with E-state index in [2.05, 4.69) is 16.7 Å². The van der Waals surface area contributed by atoms with E-state index in [-0.39, 0.29) is 17.4 Å². The van der Waals surface area contributed by atoms with Gasteiger partial charge >= 0.3 is 6.09 Å². The molecule has 0 aromatic heterocycles. The van der Waals surface area contributed by atoms with E-state index in [0.29, 0.717) is 5.56 Å². The Morgan fingerprint density at radius 3 is 2.44 bits per heavy atom. The number of nitrogens with one attached hydrogen (secondary N) is 2. The lowest BCUT2D eigenvalue weighted by Gasteiger charge is -2.32. The quantitative estimate of drug-likeness (QED) is 0.356. The number of aliphatic hydroxyl groups excluding tert-OH is 1. The fourth-order valence-corrected chi connectivity index (χ4v) is 3.90. The van der Waals surface area contributed by atoms with Crippen LogP contribution in [0.1, 0.15) is 70.0 Å². The van der Waals surface area contributed by atoms with Crippen LogP contribution in [0.3, 0.4) is 0 Å². The highest BCUT2D eigenvalue weighted by atomic mass is 16.6. The monoisotopic (exact) mass is 473 g/mol. The minimum absolute atomic E-state index is 0.0704. The van der Waals surface area contributed by atoms with Crippen LogP contribution < -0.4 is 10.6 Å². The van der Waals surface area contributed by atoms with Crippen LogP contribution >= 0.6 is 0 Å². The number of rotatable bonds is 7. The topological polar surface area (TPSA) is 128 Å². The Morgan fingerprint density at radius 1 is 1.24 bits per heavy atom. The summed E-state index contributed by atoms with van der Waals surface area (Å²) in [4.78, 5) is 39.7. The first-order valence-electron chi connectivity index (χ1n) is 11.5. The number of benzene rings is 1. The zero-order chi connectivity index (χ0) is 25.5. The Morgan fingerprint density at radius 2 is 1.88 bits per heavy atom. The van der Waals surface area contributed by atoms with E-state index in [9.17, 15) is 24.6 Å². The summed E-state index contributed by atoms with van der Waals surface area (Å²) in [5.74, 6) is -1.60. The lowest BCUT2D eigenvalue weighted by Crippen LogP contribution is -2.53. The highest BCUT2D eigenvalue weighted by molar-refractivity contribution is 5.93. The third-order valence-corrected chi connectivity index (χ3v) is 5.57. The molecule has 0 radical (unpaired) electrons. The molecule has 3 amide bonds. The maximum atomic E-state index is 13.4. The number of amides is 3. The molecule has 0 aliphatic heterocycles. The molecule has 1 aromatic carbocycles. The van der Waals surface area contributed by atoms with Gasteiger partial charge in [-0.25, -0.2) is 4.79 Å². The fraction of sp³-hybridized carbons (Fsp3) is 0.560. The van der Waals surface area contributed by atoms with Crippen LogP contribution in [-0.2, 0) is 14.3 Å². The van der Waals surface area contributed by atoms with Crippen LogP contribution in [0, 0.1) is 19.4 Å². The molecule has 1 aliphatic carbocycles. The molecule has 4 N–H and O–H groups in total. The number of phenolic OH excluding ortho intramolecular Hbond substituents is 1. The lowest BCUT2D eigenvalue weighted by atomic mass is 9.94. The second kappa shape index (κ2) is 11.7. The van der Waals surface area contributed by atoms with Crippen molar-refractivity contribution in [2.24, 2.45) is 0 Å². The van der Waals surface area contributed by atoms with Crippen LogP contribution in [0.25, 0.3) is 0 Å². The molecule has 1 aliphatic rings. The van der Waals surface area contributed by atoms with Crippen molar-refractivity contribution in [3.63, 3.8) is 0 Å². The summed E-state index contributed by atoms with van der Waals surface area (Å²) in [6.45, 7) is 5.86. The Labute approximate surface area is 200 Å². The number of terminal acetylenes is 1. The average Bonchev–Trinajstić information content (AvgIpc) is 2.77. The van der Waals surface area contributed by atoms with Crippen molar-refractivity contribution in [1.29, 1.82) is 0 Å². The van der Waals surface area contributed by atoms with Gasteiger partial charge in [-0.2, -0.15) is 0 Å². The van der Waals surface area contributed by atoms with Crippen molar-refractivity contribution in [3.05, 3.63) is 29.3 Å². The molecule has 2 atom stereocenters. The number of ether oxygens (including phenoxy) is 1. The standard InChI is InChI=1S/C25H35N3O6/c1-6-28(23(32)19(15-29)27-24(33)34-25(3,4)5)20(18-14-10-11-16(2)21(18)30)22(31)26-17-12-8-7-9-13-17/h1,10-11,14,17,19-20,29-30H,7-9,12-13,15H2,2-5H3,(H,26,31)(H,27,33). The first kappa shape index (κ1) is 27.0. The minimum atomic E-state index is -1.46. The predicted molar refractivity (Wildman–Crippen MR) is 127 cm³/mol. The molecule has 2 rings (SSSR count). The molecular weight excluding hydrogens is 438 g/mol. The Hall–Kier alpha value is -3.25. The van der Waals surface area contributed by atoms with Gasteiger partial charge in [-0.05, 0) is 46.1 Å². The molecule has 0 heterocycles. The van der Waals surface area contributed by atoms with Crippen molar-refractivity contribution < 1.29 is 29.3 Å². The van der Waals surface area contributed by atoms with Gasteiger partial charge in [0.1, 0.15) is 17.4 Å². The number of hydrogen-bond donors (Lipinski definition) is 4. The van der Waals surface area contributed by atoms with Gasteiger partial charge in [-0.1, -0.05) is 43.9 Å². The first-order valence-corrected chi connectivity index (χ1v) is 11.5. The highest BCUT2D eigenvalue weighted by Gasteiger charge is 2.38. The van der Waals surface area contributed by atoms with Crippen LogP contribution in [0.4, 0.5) is 4.79 Å². The number of hydrogen-bond acceptors (Lipinski definition) is 6. The van der Waals surface area contributed by atoms with E-state index in [4.69, 9.17) is 11.2 Å². The van der Waals surface area contributed by atoms with E-state index >= 15 is 0 Å². The van der Waals surface area contributed by atoms with Crippen molar-refractivity contribution in [2.45, 2.75) is 83.5 Å². The second-order valence-electron chi connectivity index (χ2n) is 9.48. The molecule has 1 saturated carbocycles. The van der Waals surface area contributed by atoms with Crippen LogP contribution in [-0.4, -0.2) is 57.3 Å². The van der Waals surface area contributed by atoms with Gasteiger partial charge in [-0.15, -0.1) is 0 Å². The minimum Gasteiger partial charge on any atom is -0.507 e. The molecule has 1 fully saturated rings. The smallest absolute Gasteiger partial charge is 0.408 e. The molecule has 1 aromatic rings. The highest BCUT2D eigenvalue weighted by Crippen LogP contribution is 2.32. The number of phenols is 1. The van der Waals surface area contributed by atoms with Gasteiger partial charge in [0.05, 0.1) is 6.61 Å². The van der Waals surface area contributed by atoms with E-state index in [0.717, 1.165) is 37.0 Å². The summed E-state index contributed by atoms with van der Waals surface area (Å²) in [5.41, 5.74) is -0.175. The van der Waals surface area contributed by atoms with Gasteiger partial charge in [0, 0.05) is 17.6 Å². The summed E-state index contributed by atoms with van der Waals surface area (Å²) in [5, 5.41) is 25.7. The third kappa shape index (κ3) is 7.12. The maximum Gasteiger partial charge on any atom is 0.408 e. The van der Waals surface area contributed by atoms with Gasteiger partial charge in [0.2, 0.25) is 5.91 Å². The Balaban J connectivity index is 2.38. The molecule has 34 heavy (non-hydrogen) atoms. The Bertz CT molecular complexity index is 928. The number of aryl methyl sites for hydroxylation is 1. The molecule has 9 heteroatoms. The summed E-state index contributed by atoms with van der Waals surface area (Å²) in [6, 6.07) is 4.14. The molecular formula is C25H35N3O6. The molecule has 0 saturated heterocycles. The van der Waals surface area contributed by atoms with Crippen LogP contribution in [0.2, 0.25) is 0 Å². The molecule has 2 unspecified atom stereocenters. The SMILES string of the molecule is C#CN(C(=O)C(CO)NC(=O)OC(C)(C)C)C(C(=O)NC1CCCCC1)c1cccc(C)c1O. The predicted octanol–water partition coefficient (Wildman–Crippen LogP) is 2.50. The largest absolute Gasteiger partial charge is 0.507 e. The first-order chi connectivity index (χ1) is 16.0. The zero-order valence-electron chi connectivity index (χ0n) is 20.3. The van der Waals surface area contributed by atoms with Gasteiger partial charge < -0.3 is 25.6 Å². The van der Waals surface area contributed by atoms with E-state index in [1.54, 1.807) is 39.8 Å².